The zero-order chi connectivity index (χ0) is 22.3. The van der Waals surface area contributed by atoms with Crippen molar-refractivity contribution >= 4 is 29.1 Å². The summed E-state index contributed by atoms with van der Waals surface area (Å²) in [6.07, 6.45) is 5.74. The van der Waals surface area contributed by atoms with Crippen molar-refractivity contribution in [2.24, 2.45) is 11.3 Å². The molecule has 1 N–H and O–H groups in total. The first kappa shape index (κ1) is 20.4. The second kappa shape index (κ2) is 7.88. The van der Waals surface area contributed by atoms with Gasteiger partial charge in [0.25, 0.3) is 5.91 Å². The minimum absolute atomic E-state index is 0.0679. The summed E-state index contributed by atoms with van der Waals surface area (Å²) in [7, 11) is 1.64. The number of likely N-dealkylation sites (tertiary alicyclic amines) is 1. The number of amides is 2. The first-order valence-corrected chi connectivity index (χ1v) is 10.8. The Morgan fingerprint density at radius 2 is 2.06 bits per heavy atom. The minimum atomic E-state index is -0.874. The summed E-state index contributed by atoms with van der Waals surface area (Å²) in [5.74, 6) is 1.09. The number of anilines is 3. The van der Waals surface area contributed by atoms with Crippen LogP contribution in [0, 0.1) is 22.7 Å². The maximum absolute atomic E-state index is 13.0. The minimum Gasteiger partial charge on any atom is -0.378 e. The van der Waals surface area contributed by atoms with Gasteiger partial charge >= 0.3 is 0 Å². The smallest absolute Gasteiger partial charge is 0.255 e. The lowest BCUT2D eigenvalue weighted by Gasteiger charge is -2.38. The molecule has 3 fully saturated rings. The van der Waals surface area contributed by atoms with E-state index in [4.69, 9.17) is 4.74 Å². The molecule has 4 heterocycles. The summed E-state index contributed by atoms with van der Waals surface area (Å²) < 4.78 is 5.21. The monoisotopic (exact) mass is 432 g/mol. The molecule has 2 aromatic rings. The first-order chi connectivity index (χ1) is 15.5. The summed E-state index contributed by atoms with van der Waals surface area (Å²) in [5.41, 5.74) is 0.352. The van der Waals surface area contributed by atoms with Gasteiger partial charge in [-0.2, -0.15) is 5.26 Å². The fourth-order valence-corrected chi connectivity index (χ4v) is 4.45. The standard InChI is InChI=1S/C23H24N6O3/c1-32-18-12-28(13-18)21(30)15-2-5-19(26-11-15)27-20-10-17(6-8-25-20)29-9-7-23(14-24,22(29)31)16-3-4-16/h2,5-6,8,10-11,16,18H,3-4,7,9,12-13H2,1H3,(H,25,26,27)/t23-/m1/s1. The maximum Gasteiger partial charge on any atom is 0.255 e. The number of ether oxygens (including phenoxy) is 1. The van der Waals surface area contributed by atoms with Crippen molar-refractivity contribution in [3.8, 4) is 6.07 Å². The molecule has 2 saturated heterocycles. The van der Waals surface area contributed by atoms with Crippen molar-refractivity contribution in [2.75, 3.05) is 37.0 Å². The highest BCUT2D eigenvalue weighted by atomic mass is 16.5. The van der Waals surface area contributed by atoms with Gasteiger partial charge in [0, 0.05) is 50.9 Å². The van der Waals surface area contributed by atoms with Crippen LogP contribution in [0.4, 0.5) is 17.3 Å². The van der Waals surface area contributed by atoms with Gasteiger partial charge in [-0.3, -0.25) is 9.59 Å². The molecule has 1 aliphatic carbocycles. The zero-order valence-corrected chi connectivity index (χ0v) is 17.8. The highest BCUT2D eigenvalue weighted by Crippen LogP contribution is 2.51. The molecule has 2 aliphatic heterocycles. The van der Waals surface area contributed by atoms with Gasteiger partial charge in [0.05, 0.1) is 17.7 Å². The third-order valence-corrected chi connectivity index (χ3v) is 6.62. The molecule has 0 spiro atoms. The summed E-state index contributed by atoms with van der Waals surface area (Å²) in [5, 5.41) is 12.8. The van der Waals surface area contributed by atoms with Crippen LogP contribution in [0.25, 0.3) is 0 Å². The Morgan fingerprint density at radius 3 is 2.72 bits per heavy atom. The number of aromatic nitrogens is 2. The quantitative estimate of drug-likeness (QED) is 0.746. The van der Waals surface area contributed by atoms with Gasteiger partial charge in [-0.15, -0.1) is 0 Å². The van der Waals surface area contributed by atoms with Crippen molar-refractivity contribution in [3.63, 3.8) is 0 Å². The van der Waals surface area contributed by atoms with Crippen LogP contribution in [0.2, 0.25) is 0 Å². The molecule has 3 aliphatic rings. The van der Waals surface area contributed by atoms with E-state index in [0.29, 0.717) is 48.9 Å². The number of methoxy groups -OCH3 is 1. The summed E-state index contributed by atoms with van der Waals surface area (Å²) in [6, 6.07) is 9.32. The van der Waals surface area contributed by atoms with E-state index in [9.17, 15) is 14.9 Å². The number of carbonyl (C=O) groups excluding carboxylic acids is 2. The molecular weight excluding hydrogens is 408 g/mol. The molecule has 32 heavy (non-hydrogen) atoms. The van der Waals surface area contributed by atoms with E-state index >= 15 is 0 Å². The van der Waals surface area contributed by atoms with Gasteiger partial charge in [0.1, 0.15) is 17.1 Å². The number of pyridine rings is 2. The molecule has 2 amide bonds. The van der Waals surface area contributed by atoms with Crippen LogP contribution in [0.3, 0.4) is 0 Å². The van der Waals surface area contributed by atoms with Crippen LogP contribution in [0.5, 0.6) is 0 Å². The fraction of sp³-hybridized carbons (Fsp3) is 0.435. The average Bonchev–Trinajstić information content (AvgIpc) is 3.57. The highest BCUT2D eigenvalue weighted by molar-refractivity contribution is 6.02. The van der Waals surface area contributed by atoms with Gasteiger partial charge in [-0.1, -0.05) is 0 Å². The van der Waals surface area contributed by atoms with Crippen molar-refractivity contribution in [3.05, 3.63) is 42.2 Å². The van der Waals surface area contributed by atoms with Crippen LogP contribution < -0.4 is 10.2 Å². The predicted molar refractivity (Wildman–Crippen MR) is 116 cm³/mol. The molecular formula is C23H24N6O3. The van der Waals surface area contributed by atoms with E-state index in [2.05, 4.69) is 21.4 Å². The molecule has 0 unspecified atom stereocenters. The molecule has 9 nitrogen and oxygen atoms in total. The van der Waals surface area contributed by atoms with Crippen LogP contribution in [-0.2, 0) is 9.53 Å². The lowest BCUT2D eigenvalue weighted by atomic mass is 9.83. The summed E-state index contributed by atoms with van der Waals surface area (Å²) in [4.78, 5) is 37.5. The van der Waals surface area contributed by atoms with Gasteiger partial charge in [0.15, 0.2) is 0 Å². The molecule has 164 valence electrons. The number of hydrogen-bond acceptors (Lipinski definition) is 7. The van der Waals surface area contributed by atoms with E-state index in [1.54, 1.807) is 47.4 Å². The normalized spacial score (nSPS) is 23.1. The molecule has 1 saturated carbocycles. The first-order valence-electron chi connectivity index (χ1n) is 10.8. The Balaban J connectivity index is 1.26. The van der Waals surface area contributed by atoms with Gasteiger partial charge in [-0.25, -0.2) is 9.97 Å². The van der Waals surface area contributed by atoms with Gasteiger partial charge in [-0.05, 0) is 43.4 Å². The summed E-state index contributed by atoms with van der Waals surface area (Å²) in [6.45, 7) is 1.71. The van der Waals surface area contributed by atoms with Crippen molar-refractivity contribution < 1.29 is 14.3 Å². The van der Waals surface area contributed by atoms with E-state index in [1.807, 2.05) is 0 Å². The van der Waals surface area contributed by atoms with Crippen molar-refractivity contribution in [1.29, 1.82) is 5.26 Å². The number of hydrogen-bond donors (Lipinski definition) is 1. The molecule has 2 aromatic heterocycles. The Labute approximate surface area is 186 Å². The maximum atomic E-state index is 13.0. The third kappa shape index (κ3) is 3.46. The number of carbonyl (C=O) groups is 2. The average molecular weight is 432 g/mol. The van der Waals surface area contributed by atoms with E-state index < -0.39 is 5.41 Å². The number of nitrogens with one attached hydrogen (secondary N) is 1. The van der Waals surface area contributed by atoms with Crippen LogP contribution >= 0.6 is 0 Å². The summed E-state index contributed by atoms with van der Waals surface area (Å²) >= 11 is 0. The van der Waals surface area contributed by atoms with Crippen LogP contribution in [0.15, 0.2) is 36.7 Å². The number of nitrogens with zero attached hydrogens (tertiary/aromatic N) is 5. The Kier molecular flexibility index (Phi) is 5.02. The topological polar surface area (TPSA) is 111 Å². The second-order valence-corrected chi connectivity index (χ2v) is 8.59. The Morgan fingerprint density at radius 1 is 1.25 bits per heavy atom. The fourth-order valence-electron chi connectivity index (χ4n) is 4.45. The molecule has 0 radical (unpaired) electrons. The Bertz CT molecular complexity index is 1090. The lowest BCUT2D eigenvalue weighted by Crippen LogP contribution is -2.54. The molecule has 0 aromatic carbocycles. The third-order valence-electron chi connectivity index (χ3n) is 6.62. The lowest BCUT2D eigenvalue weighted by molar-refractivity contribution is -0.123. The SMILES string of the molecule is COC1CN(C(=O)c2ccc(Nc3cc(N4CC[C@@](C#N)(C5CC5)C4=O)ccn3)nc2)C1. The second-order valence-electron chi connectivity index (χ2n) is 8.59. The van der Waals surface area contributed by atoms with Crippen molar-refractivity contribution in [1.82, 2.24) is 14.9 Å². The van der Waals surface area contributed by atoms with E-state index in [1.165, 1.54) is 6.20 Å². The van der Waals surface area contributed by atoms with Crippen LogP contribution in [-0.4, -0.2) is 59.5 Å². The number of rotatable bonds is 6. The van der Waals surface area contributed by atoms with Gasteiger partial charge in [0.2, 0.25) is 5.91 Å². The van der Waals surface area contributed by atoms with E-state index in [0.717, 1.165) is 12.8 Å². The Hall–Kier alpha value is -3.51. The molecule has 0 bridgehead atoms. The van der Waals surface area contributed by atoms with Crippen molar-refractivity contribution in [2.45, 2.75) is 25.4 Å². The largest absolute Gasteiger partial charge is 0.378 e. The zero-order valence-electron chi connectivity index (χ0n) is 17.8. The molecule has 5 rings (SSSR count). The molecule has 1 atom stereocenters. The number of nitriles is 1. The molecule has 9 heteroatoms. The van der Waals surface area contributed by atoms with E-state index in [-0.39, 0.29) is 23.8 Å². The predicted octanol–water partition coefficient (Wildman–Crippen LogP) is 2.35. The highest BCUT2D eigenvalue weighted by Gasteiger charge is 2.56. The van der Waals surface area contributed by atoms with Crippen LogP contribution in [0.1, 0.15) is 29.6 Å². The van der Waals surface area contributed by atoms with Gasteiger partial charge < -0.3 is 19.9 Å².